The number of hydrogen-bond donors (Lipinski definition) is 1. The fourth-order valence-electron chi connectivity index (χ4n) is 2.99. The fraction of sp³-hybridized carbons (Fsp3) is 0.136. The number of aromatic nitrogens is 3. The molecule has 0 radical (unpaired) electrons. The van der Waals surface area contributed by atoms with Crippen LogP contribution < -0.4 is 5.32 Å². The third-order valence-electron chi connectivity index (χ3n) is 4.61. The van der Waals surface area contributed by atoms with Crippen molar-refractivity contribution in [3.63, 3.8) is 0 Å². The molecule has 1 amide bonds. The Kier molecular flexibility index (Phi) is 4.77. The number of halogens is 3. The van der Waals surface area contributed by atoms with Gasteiger partial charge in [0.15, 0.2) is 17.0 Å². The van der Waals surface area contributed by atoms with Gasteiger partial charge in [-0.1, -0.05) is 47.5 Å². The number of anilines is 1. The van der Waals surface area contributed by atoms with E-state index in [4.69, 9.17) is 0 Å². The monoisotopic (exact) mass is 410 g/mol. The topological polar surface area (TPSA) is 59.3 Å². The molecule has 2 aromatic carbocycles. The second kappa shape index (κ2) is 7.29. The summed E-state index contributed by atoms with van der Waals surface area (Å²) in [6.45, 7) is 3.79. The molecule has 0 atom stereocenters. The Bertz CT molecular complexity index is 1230. The molecule has 4 aromatic rings. The molecule has 0 unspecified atom stereocenters. The molecule has 2 heterocycles. The zero-order valence-corrected chi connectivity index (χ0v) is 16.2. The van der Waals surface area contributed by atoms with Gasteiger partial charge in [-0.15, -0.1) is 0 Å². The number of fused-ring (bicyclic) bond motifs is 1. The van der Waals surface area contributed by atoms with Gasteiger partial charge in [0.1, 0.15) is 0 Å². The van der Waals surface area contributed by atoms with Gasteiger partial charge in [-0.2, -0.15) is 18.3 Å². The lowest BCUT2D eigenvalue weighted by molar-refractivity contribution is -0.142. The smallest absolute Gasteiger partial charge is 0.321 e. The van der Waals surface area contributed by atoms with Crippen molar-refractivity contribution in [2.24, 2.45) is 0 Å². The maximum absolute atomic E-state index is 13.7. The lowest BCUT2D eigenvalue weighted by Gasteiger charge is -2.11. The molecule has 0 spiro atoms. The minimum absolute atomic E-state index is 0.0607. The summed E-state index contributed by atoms with van der Waals surface area (Å²) in [4.78, 5) is 16.8. The molecule has 0 aliphatic rings. The minimum atomic E-state index is -4.67. The summed E-state index contributed by atoms with van der Waals surface area (Å²) >= 11 is 0. The quantitative estimate of drug-likeness (QED) is 0.500. The molecule has 0 saturated heterocycles. The Morgan fingerprint density at radius 3 is 2.13 bits per heavy atom. The van der Waals surface area contributed by atoms with Crippen LogP contribution in [0.4, 0.5) is 18.9 Å². The number of carbonyl (C=O) groups is 1. The zero-order valence-electron chi connectivity index (χ0n) is 16.2. The molecule has 5 nitrogen and oxygen atoms in total. The van der Waals surface area contributed by atoms with Crippen molar-refractivity contribution < 1.29 is 18.0 Å². The molecular weight excluding hydrogens is 393 g/mol. The van der Waals surface area contributed by atoms with Crippen molar-refractivity contribution >= 4 is 17.2 Å². The van der Waals surface area contributed by atoms with E-state index in [0.29, 0.717) is 15.8 Å². The van der Waals surface area contributed by atoms with Crippen molar-refractivity contribution in [1.29, 1.82) is 0 Å². The van der Waals surface area contributed by atoms with Gasteiger partial charge in [-0.3, -0.25) is 4.79 Å². The summed E-state index contributed by atoms with van der Waals surface area (Å²) in [5.41, 5.74) is 1.99. The summed E-state index contributed by atoms with van der Waals surface area (Å²) in [6, 6.07) is 16.2. The normalized spacial score (nSPS) is 11.6. The van der Waals surface area contributed by atoms with E-state index in [1.54, 1.807) is 36.4 Å². The first-order valence-corrected chi connectivity index (χ1v) is 9.14. The largest absolute Gasteiger partial charge is 0.433 e. The van der Waals surface area contributed by atoms with Gasteiger partial charge in [-0.05, 0) is 32.0 Å². The van der Waals surface area contributed by atoms with Crippen molar-refractivity contribution in [3.8, 4) is 11.3 Å². The van der Waals surface area contributed by atoms with Gasteiger partial charge >= 0.3 is 6.18 Å². The highest BCUT2D eigenvalue weighted by Gasteiger charge is 2.35. The Balaban J connectivity index is 1.77. The lowest BCUT2D eigenvalue weighted by Crippen LogP contribution is -2.15. The van der Waals surface area contributed by atoms with Gasteiger partial charge in [-0.25, -0.2) is 9.50 Å². The van der Waals surface area contributed by atoms with E-state index in [-0.39, 0.29) is 17.0 Å². The zero-order chi connectivity index (χ0) is 21.5. The third kappa shape index (κ3) is 3.89. The van der Waals surface area contributed by atoms with Gasteiger partial charge < -0.3 is 5.32 Å². The van der Waals surface area contributed by atoms with E-state index in [1.807, 2.05) is 26.0 Å². The second-order valence-corrected chi connectivity index (χ2v) is 7.01. The molecule has 8 heteroatoms. The van der Waals surface area contributed by atoms with E-state index in [0.717, 1.165) is 17.2 Å². The number of hydrogen-bond acceptors (Lipinski definition) is 3. The maximum Gasteiger partial charge on any atom is 0.433 e. The van der Waals surface area contributed by atoms with E-state index in [2.05, 4.69) is 15.4 Å². The van der Waals surface area contributed by atoms with E-state index >= 15 is 0 Å². The van der Waals surface area contributed by atoms with Crippen LogP contribution in [0.5, 0.6) is 0 Å². The number of benzene rings is 2. The standard InChI is InChI=1S/C22H17F3N4O/c1-13-3-7-15(8-4-13)17-11-19(22(23,24)25)29-20(27-17)12-18(28-29)21(30)26-16-9-5-14(2)6-10-16/h3-12H,1-2H3,(H,26,30). The molecule has 152 valence electrons. The lowest BCUT2D eigenvalue weighted by atomic mass is 10.1. The van der Waals surface area contributed by atoms with Crippen LogP contribution in [0.1, 0.15) is 27.3 Å². The molecule has 30 heavy (non-hydrogen) atoms. The predicted octanol–water partition coefficient (Wildman–Crippen LogP) is 5.28. The number of carbonyl (C=O) groups excluding carboxylic acids is 1. The first-order valence-electron chi connectivity index (χ1n) is 9.14. The van der Waals surface area contributed by atoms with Crippen LogP contribution in [-0.2, 0) is 6.18 Å². The summed E-state index contributed by atoms with van der Waals surface area (Å²) in [5, 5.41) is 6.50. The van der Waals surface area contributed by atoms with E-state index < -0.39 is 17.8 Å². The van der Waals surface area contributed by atoms with E-state index in [1.165, 1.54) is 6.07 Å². The molecule has 0 aliphatic heterocycles. The number of amides is 1. The first kappa shape index (κ1) is 19.6. The van der Waals surface area contributed by atoms with Gasteiger partial charge in [0.05, 0.1) is 5.69 Å². The van der Waals surface area contributed by atoms with Crippen molar-refractivity contribution in [1.82, 2.24) is 14.6 Å². The van der Waals surface area contributed by atoms with Crippen molar-refractivity contribution in [2.75, 3.05) is 5.32 Å². The highest BCUT2D eigenvalue weighted by molar-refractivity contribution is 6.03. The average molecular weight is 410 g/mol. The highest BCUT2D eigenvalue weighted by atomic mass is 19.4. The van der Waals surface area contributed by atoms with Crippen LogP contribution in [0, 0.1) is 13.8 Å². The molecule has 4 rings (SSSR count). The summed E-state index contributed by atoms with van der Waals surface area (Å²) in [7, 11) is 0. The second-order valence-electron chi connectivity index (χ2n) is 7.01. The molecular formula is C22H17F3N4O. The van der Waals surface area contributed by atoms with Crippen LogP contribution in [-0.4, -0.2) is 20.5 Å². The van der Waals surface area contributed by atoms with Gasteiger partial charge in [0.25, 0.3) is 5.91 Å². The molecule has 0 fully saturated rings. The molecule has 1 N–H and O–H groups in total. The van der Waals surface area contributed by atoms with E-state index in [9.17, 15) is 18.0 Å². The number of alkyl halides is 3. The summed E-state index contributed by atoms with van der Waals surface area (Å²) < 4.78 is 41.7. The summed E-state index contributed by atoms with van der Waals surface area (Å²) in [6.07, 6.45) is -4.67. The minimum Gasteiger partial charge on any atom is -0.321 e. The first-order chi connectivity index (χ1) is 14.2. The van der Waals surface area contributed by atoms with Crippen LogP contribution in [0.25, 0.3) is 16.9 Å². The predicted molar refractivity (Wildman–Crippen MR) is 107 cm³/mol. The summed E-state index contributed by atoms with van der Waals surface area (Å²) in [5.74, 6) is -0.616. The van der Waals surface area contributed by atoms with Gasteiger partial charge in [0, 0.05) is 17.3 Å². The SMILES string of the molecule is Cc1ccc(NC(=O)c2cc3nc(-c4ccc(C)cc4)cc(C(F)(F)F)n3n2)cc1. The molecule has 2 aromatic heterocycles. The molecule has 0 saturated carbocycles. The van der Waals surface area contributed by atoms with Crippen molar-refractivity contribution in [2.45, 2.75) is 20.0 Å². The fourth-order valence-corrected chi connectivity index (χ4v) is 2.99. The Morgan fingerprint density at radius 1 is 0.933 bits per heavy atom. The van der Waals surface area contributed by atoms with Gasteiger partial charge in [0.2, 0.25) is 0 Å². The average Bonchev–Trinajstić information content (AvgIpc) is 3.13. The highest BCUT2D eigenvalue weighted by Crippen LogP contribution is 2.32. The molecule has 0 aliphatic carbocycles. The Labute approximate surface area is 170 Å². The van der Waals surface area contributed by atoms with Crippen LogP contribution >= 0.6 is 0 Å². The van der Waals surface area contributed by atoms with Crippen LogP contribution in [0.2, 0.25) is 0 Å². The third-order valence-corrected chi connectivity index (χ3v) is 4.61. The Morgan fingerprint density at radius 2 is 1.53 bits per heavy atom. The number of rotatable bonds is 3. The number of aryl methyl sites for hydroxylation is 2. The Hall–Kier alpha value is -3.68. The van der Waals surface area contributed by atoms with Crippen molar-refractivity contribution in [3.05, 3.63) is 83.2 Å². The number of nitrogens with one attached hydrogen (secondary N) is 1. The van der Waals surface area contributed by atoms with Crippen LogP contribution in [0.3, 0.4) is 0 Å². The maximum atomic E-state index is 13.7. The molecule has 0 bridgehead atoms. The van der Waals surface area contributed by atoms with Crippen LogP contribution in [0.15, 0.2) is 60.7 Å². The number of nitrogens with zero attached hydrogens (tertiary/aromatic N) is 3.